The van der Waals surface area contributed by atoms with Crippen LogP contribution in [0, 0.1) is 5.92 Å². The molecule has 122 valence electrons. The lowest BCUT2D eigenvalue weighted by Crippen LogP contribution is -2.39. The van der Waals surface area contributed by atoms with Crippen LogP contribution in [0.3, 0.4) is 0 Å². The van der Waals surface area contributed by atoms with Crippen molar-refractivity contribution in [2.75, 3.05) is 45.6 Å². The molecule has 1 fully saturated rings. The van der Waals surface area contributed by atoms with E-state index in [2.05, 4.69) is 41.2 Å². The zero-order valence-corrected chi connectivity index (χ0v) is 13.9. The third-order valence-corrected chi connectivity index (χ3v) is 3.91. The van der Waals surface area contributed by atoms with Gasteiger partial charge in [0.2, 0.25) is 5.95 Å². The van der Waals surface area contributed by atoms with Gasteiger partial charge in [0, 0.05) is 32.0 Å². The maximum atomic E-state index is 12.4. The Morgan fingerprint density at radius 2 is 2.14 bits per heavy atom. The Balaban J connectivity index is 1.84. The van der Waals surface area contributed by atoms with Gasteiger partial charge in [0.05, 0.1) is 5.56 Å². The maximum absolute atomic E-state index is 12.4. The maximum Gasteiger partial charge on any atom is 0.257 e. The molecule has 0 aromatic carbocycles. The fourth-order valence-electron chi connectivity index (χ4n) is 2.68. The first-order valence-corrected chi connectivity index (χ1v) is 8.06. The van der Waals surface area contributed by atoms with Crippen LogP contribution in [0.4, 0.5) is 5.95 Å². The predicted molar refractivity (Wildman–Crippen MR) is 88.0 cm³/mol. The zero-order chi connectivity index (χ0) is 15.9. The standard InChI is InChI=1S/C16H27N5O/c1-13-6-4-9-21(12-13)15(22)14-10-18-16(19-11-14)17-7-5-8-20(2)3/h10-11,13H,4-9,12H2,1-3H3,(H,17,18,19). The van der Waals surface area contributed by atoms with Crippen molar-refractivity contribution in [3.05, 3.63) is 18.0 Å². The highest BCUT2D eigenvalue weighted by molar-refractivity contribution is 5.93. The lowest BCUT2D eigenvalue weighted by atomic mass is 10.00. The van der Waals surface area contributed by atoms with Crippen LogP contribution in [0.2, 0.25) is 0 Å². The van der Waals surface area contributed by atoms with Crippen LogP contribution in [-0.2, 0) is 0 Å². The molecule has 1 amide bonds. The summed E-state index contributed by atoms with van der Waals surface area (Å²) < 4.78 is 0. The van der Waals surface area contributed by atoms with E-state index in [0.29, 0.717) is 17.4 Å². The van der Waals surface area contributed by atoms with Gasteiger partial charge in [-0.3, -0.25) is 4.79 Å². The summed E-state index contributed by atoms with van der Waals surface area (Å²) in [4.78, 5) is 25.0. The first-order chi connectivity index (χ1) is 10.6. The third-order valence-electron chi connectivity index (χ3n) is 3.91. The van der Waals surface area contributed by atoms with Gasteiger partial charge in [-0.25, -0.2) is 9.97 Å². The summed E-state index contributed by atoms with van der Waals surface area (Å²) in [6.07, 6.45) is 6.57. The van der Waals surface area contributed by atoms with Crippen molar-refractivity contribution in [3.8, 4) is 0 Å². The number of rotatable bonds is 6. The third kappa shape index (κ3) is 4.94. The Kier molecular flexibility index (Phi) is 6.12. The number of carbonyl (C=O) groups is 1. The molecule has 22 heavy (non-hydrogen) atoms. The van der Waals surface area contributed by atoms with E-state index >= 15 is 0 Å². The number of hydrogen-bond acceptors (Lipinski definition) is 5. The van der Waals surface area contributed by atoms with Gasteiger partial charge in [-0.1, -0.05) is 6.92 Å². The smallest absolute Gasteiger partial charge is 0.257 e. The zero-order valence-electron chi connectivity index (χ0n) is 13.9. The summed E-state index contributed by atoms with van der Waals surface area (Å²) >= 11 is 0. The molecule has 1 aromatic rings. The van der Waals surface area contributed by atoms with Crippen molar-refractivity contribution in [2.45, 2.75) is 26.2 Å². The van der Waals surface area contributed by atoms with Crippen molar-refractivity contribution in [3.63, 3.8) is 0 Å². The second kappa shape index (κ2) is 8.08. The Morgan fingerprint density at radius 3 is 2.77 bits per heavy atom. The minimum Gasteiger partial charge on any atom is -0.354 e. The largest absolute Gasteiger partial charge is 0.354 e. The normalized spacial score (nSPS) is 18.5. The van der Waals surface area contributed by atoms with Gasteiger partial charge in [-0.2, -0.15) is 0 Å². The van der Waals surface area contributed by atoms with Gasteiger partial charge >= 0.3 is 0 Å². The van der Waals surface area contributed by atoms with E-state index in [4.69, 9.17) is 0 Å². The summed E-state index contributed by atoms with van der Waals surface area (Å²) in [6.45, 7) is 5.72. The Labute approximate surface area is 132 Å². The number of likely N-dealkylation sites (tertiary alicyclic amines) is 1. The Hall–Kier alpha value is -1.69. The van der Waals surface area contributed by atoms with Gasteiger partial charge in [0.1, 0.15) is 0 Å². The number of hydrogen-bond donors (Lipinski definition) is 1. The number of carbonyl (C=O) groups excluding carboxylic acids is 1. The molecule has 1 aliphatic heterocycles. The van der Waals surface area contributed by atoms with Gasteiger partial charge in [-0.05, 0) is 45.8 Å². The van der Waals surface area contributed by atoms with Crippen LogP contribution in [0.25, 0.3) is 0 Å². The highest BCUT2D eigenvalue weighted by Crippen LogP contribution is 2.17. The molecule has 2 heterocycles. The minimum atomic E-state index is 0.0470. The van der Waals surface area contributed by atoms with E-state index in [9.17, 15) is 4.79 Å². The summed E-state index contributed by atoms with van der Waals surface area (Å²) in [7, 11) is 4.11. The van der Waals surface area contributed by atoms with Gasteiger partial charge in [-0.15, -0.1) is 0 Å². The van der Waals surface area contributed by atoms with Crippen LogP contribution >= 0.6 is 0 Å². The molecular formula is C16H27N5O. The average molecular weight is 305 g/mol. The Bertz CT molecular complexity index is 474. The summed E-state index contributed by atoms with van der Waals surface area (Å²) in [6, 6.07) is 0. The second-order valence-corrected chi connectivity index (χ2v) is 6.38. The topological polar surface area (TPSA) is 61.4 Å². The van der Waals surface area contributed by atoms with Crippen LogP contribution in [0.1, 0.15) is 36.5 Å². The molecule has 2 rings (SSSR count). The van der Waals surface area contributed by atoms with Crippen molar-refractivity contribution >= 4 is 11.9 Å². The molecule has 6 heteroatoms. The molecule has 1 N–H and O–H groups in total. The fraction of sp³-hybridized carbons (Fsp3) is 0.688. The minimum absolute atomic E-state index is 0.0470. The van der Waals surface area contributed by atoms with Crippen molar-refractivity contribution in [1.29, 1.82) is 0 Å². The van der Waals surface area contributed by atoms with E-state index in [1.807, 2.05) is 4.90 Å². The molecule has 0 saturated carbocycles. The summed E-state index contributed by atoms with van der Waals surface area (Å²) in [5, 5.41) is 3.18. The summed E-state index contributed by atoms with van der Waals surface area (Å²) in [5.74, 6) is 1.21. The predicted octanol–water partition coefficient (Wildman–Crippen LogP) is 1.71. The van der Waals surface area contributed by atoms with Gasteiger partial charge < -0.3 is 15.1 Å². The molecule has 1 saturated heterocycles. The molecule has 1 aromatic heterocycles. The van der Waals surface area contributed by atoms with Crippen LogP contribution in [0.15, 0.2) is 12.4 Å². The number of nitrogens with one attached hydrogen (secondary N) is 1. The Morgan fingerprint density at radius 1 is 1.41 bits per heavy atom. The molecule has 0 spiro atoms. The van der Waals surface area contributed by atoms with Crippen molar-refractivity contribution in [2.24, 2.45) is 5.92 Å². The van der Waals surface area contributed by atoms with Crippen LogP contribution < -0.4 is 5.32 Å². The average Bonchev–Trinajstić information content (AvgIpc) is 2.51. The number of amides is 1. The molecule has 1 unspecified atom stereocenters. The van der Waals surface area contributed by atoms with Crippen LogP contribution in [0.5, 0.6) is 0 Å². The molecular weight excluding hydrogens is 278 g/mol. The van der Waals surface area contributed by atoms with Gasteiger partial charge in [0.15, 0.2) is 0 Å². The lowest BCUT2D eigenvalue weighted by Gasteiger charge is -2.30. The van der Waals surface area contributed by atoms with E-state index in [1.165, 1.54) is 6.42 Å². The molecule has 1 aliphatic rings. The number of piperidine rings is 1. The quantitative estimate of drug-likeness (QED) is 0.811. The molecule has 0 bridgehead atoms. The fourth-order valence-corrected chi connectivity index (χ4v) is 2.68. The summed E-state index contributed by atoms with van der Waals surface area (Å²) in [5.41, 5.74) is 0.577. The van der Waals surface area contributed by atoms with E-state index in [1.54, 1.807) is 12.4 Å². The monoisotopic (exact) mass is 305 g/mol. The number of anilines is 1. The van der Waals surface area contributed by atoms with Crippen LogP contribution in [-0.4, -0.2) is 65.9 Å². The second-order valence-electron chi connectivity index (χ2n) is 6.38. The SMILES string of the molecule is CC1CCCN(C(=O)c2cnc(NCCCN(C)C)nc2)C1. The lowest BCUT2D eigenvalue weighted by molar-refractivity contribution is 0.0682. The molecule has 0 aliphatic carbocycles. The number of aromatic nitrogens is 2. The highest BCUT2D eigenvalue weighted by atomic mass is 16.2. The molecule has 1 atom stereocenters. The molecule has 6 nitrogen and oxygen atoms in total. The first-order valence-electron chi connectivity index (χ1n) is 8.06. The highest BCUT2D eigenvalue weighted by Gasteiger charge is 2.22. The number of nitrogens with zero attached hydrogens (tertiary/aromatic N) is 4. The van der Waals surface area contributed by atoms with E-state index in [-0.39, 0.29) is 5.91 Å². The molecule has 0 radical (unpaired) electrons. The van der Waals surface area contributed by atoms with Crippen molar-refractivity contribution < 1.29 is 4.79 Å². The van der Waals surface area contributed by atoms with Gasteiger partial charge in [0.25, 0.3) is 5.91 Å². The van der Waals surface area contributed by atoms with Crippen molar-refractivity contribution in [1.82, 2.24) is 19.8 Å². The van der Waals surface area contributed by atoms with E-state index in [0.717, 1.165) is 39.0 Å². The first kappa shape index (κ1) is 16.7. The van der Waals surface area contributed by atoms with E-state index < -0.39 is 0 Å².